The first-order valence-corrected chi connectivity index (χ1v) is 13.6. The SMILES string of the molecule is O=C(Nc1ccc(S(=O)(=O)Nc2nccs2)cc1)c1cc2cccnc2n(Cc2ccc(Cl)cc2)c1=O. The van der Waals surface area contributed by atoms with Gasteiger partial charge in [0.2, 0.25) is 0 Å². The van der Waals surface area contributed by atoms with Crippen LogP contribution in [-0.4, -0.2) is 28.9 Å². The number of aromatic nitrogens is 3. The highest BCUT2D eigenvalue weighted by Gasteiger charge is 2.19. The number of nitrogens with one attached hydrogen (secondary N) is 2. The first kappa shape index (κ1) is 24.6. The summed E-state index contributed by atoms with van der Waals surface area (Å²) in [5.74, 6) is -0.628. The van der Waals surface area contributed by atoms with Gasteiger partial charge in [0.25, 0.3) is 21.5 Å². The number of amides is 1. The van der Waals surface area contributed by atoms with Crippen molar-refractivity contribution in [2.45, 2.75) is 11.4 Å². The van der Waals surface area contributed by atoms with Crippen LogP contribution in [-0.2, 0) is 16.6 Å². The number of anilines is 2. The summed E-state index contributed by atoms with van der Waals surface area (Å²) in [6.45, 7) is 0.198. The van der Waals surface area contributed by atoms with Crippen LogP contribution in [0.3, 0.4) is 0 Å². The molecule has 5 rings (SSSR count). The van der Waals surface area contributed by atoms with Crippen molar-refractivity contribution >= 4 is 60.7 Å². The van der Waals surface area contributed by atoms with E-state index in [4.69, 9.17) is 11.6 Å². The van der Waals surface area contributed by atoms with Gasteiger partial charge in [-0.25, -0.2) is 18.4 Å². The van der Waals surface area contributed by atoms with Gasteiger partial charge in [0, 0.05) is 33.9 Å². The number of pyridine rings is 2. The van der Waals surface area contributed by atoms with Gasteiger partial charge in [-0.15, -0.1) is 11.3 Å². The van der Waals surface area contributed by atoms with E-state index >= 15 is 0 Å². The molecule has 2 aromatic carbocycles. The number of carbonyl (C=O) groups excluding carboxylic acids is 1. The highest BCUT2D eigenvalue weighted by Crippen LogP contribution is 2.20. The number of hydrogen-bond donors (Lipinski definition) is 2. The third kappa shape index (κ3) is 5.38. The summed E-state index contributed by atoms with van der Waals surface area (Å²) in [6, 6.07) is 17.6. The maximum absolute atomic E-state index is 13.4. The van der Waals surface area contributed by atoms with E-state index in [-0.39, 0.29) is 22.1 Å². The van der Waals surface area contributed by atoms with Crippen molar-refractivity contribution in [1.82, 2.24) is 14.5 Å². The van der Waals surface area contributed by atoms with E-state index in [1.54, 1.807) is 48.0 Å². The van der Waals surface area contributed by atoms with Crippen molar-refractivity contribution in [3.8, 4) is 0 Å². The second-order valence-electron chi connectivity index (χ2n) is 7.91. The Bertz CT molecular complexity index is 1750. The summed E-state index contributed by atoms with van der Waals surface area (Å²) < 4.78 is 28.9. The highest BCUT2D eigenvalue weighted by molar-refractivity contribution is 7.93. The molecule has 186 valence electrons. The van der Waals surface area contributed by atoms with Gasteiger partial charge in [-0.3, -0.25) is 18.9 Å². The van der Waals surface area contributed by atoms with Crippen molar-refractivity contribution < 1.29 is 13.2 Å². The Morgan fingerprint density at radius 2 is 1.76 bits per heavy atom. The van der Waals surface area contributed by atoms with Crippen molar-refractivity contribution in [2.75, 3.05) is 10.0 Å². The lowest BCUT2D eigenvalue weighted by Crippen LogP contribution is -2.30. The van der Waals surface area contributed by atoms with E-state index in [1.165, 1.54) is 41.1 Å². The summed E-state index contributed by atoms with van der Waals surface area (Å²) in [7, 11) is -3.83. The topological polar surface area (TPSA) is 123 Å². The zero-order valence-corrected chi connectivity index (χ0v) is 21.3. The summed E-state index contributed by atoms with van der Waals surface area (Å²) in [4.78, 5) is 34.7. The van der Waals surface area contributed by atoms with Crippen molar-refractivity contribution in [3.63, 3.8) is 0 Å². The number of fused-ring (bicyclic) bond motifs is 1. The average molecular weight is 552 g/mol. The summed E-state index contributed by atoms with van der Waals surface area (Å²) in [5, 5.41) is 5.77. The van der Waals surface area contributed by atoms with E-state index < -0.39 is 21.5 Å². The van der Waals surface area contributed by atoms with Crippen molar-refractivity contribution in [3.05, 3.63) is 111 Å². The maximum Gasteiger partial charge on any atom is 0.265 e. The van der Waals surface area contributed by atoms with Crippen molar-refractivity contribution in [2.24, 2.45) is 0 Å². The second kappa shape index (κ2) is 10.1. The minimum atomic E-state index is -3.83. The van der Waals surface area contributed by atoms with Gasteiger partial charge in [-0.05, 0) is 60.2 Å². The Kier molecular flexibility index (Phi) is 6.74. The van der Waals surface area contributed by atoms with Gasteiger partial charge < -0.3 is 5.32 Å². The lowest BCUT2D eigenvalue weighted by Gasteiger charge is -2.13. The van der Waals surface area contributed by atoms with Crippen LogP contribution in [0.2, 0.25) is 5.02 Å². The molecule has 2 N–H and O–H groups in total. The van der Waals surface area contributed by atoms with E-state index in [1.807, 2.05) is 0 Å². The number of nitrogens with zero attached hydrogens (tertiary/aromatic N) is 3. The lowest BCUT2D eigenvalue weighted by atomic mass is 10.1. The Balaban J connectivity index is 1.42. The molecule has 0 atom stereocenters. The Morgan fingerprint density at radius 3 is 2.46 bits per heavy atom. The van der Waals surface area contributed by atoms with Gasteiger partial charge in [-0.2, -0.15) is 0 Å². The van der Waals surface area contributed by atoms with E-state index in [0.29, 0.717) is 21.7 Å². The normalized spacial score (nSPS) is 11.4. The first-order chi connectivity index (χ1) is 17.8. The third-order valence-corrected chi connectivity index (χ3v) is 7.85. The molecule has 0 saturated carbocycles. The molecule has 1 amide bonds. The zero-order valence-electron chi connectivity index (χ0n) is 19.0. The predicted molar refractivity (Wildman–Crippen MR) is 144 cm³/mol. The summed E-state index contributed by atoms with van der Waals surface area (Å²) in [6.07, 6.45) is 3.08. The molecule has 0 aliphatic carbocycles. The number of benzene rings is 2. The maximum atomic E-state index is 13.4. The van der Waals surface area contributed by atoms with Crippen LogP contribution in [0.25, 0.3) is 11.0 Å². The average Bonchev–Trinajstić information content (AvgIpc) is 3.39. The van der Waals surface area contributed by atoms with Crippen molar-refractivity contribution in [1.29, 1.82) is 0 Å². The fourth-order valence-electron chi connectivity index (χ4n) is 3.65. The Morgan fingerprint density at radius 1 is 1.00 bits per heavy atom. The van der Waals surface area contributed by atoms with Crippen LogP contribution in [0.15, 0.2) is 94.2 Å². The summed E-state index contributed by atoms with van der Waals surface area (Å²) >= 11 is 7.14. The molecule has 37 heavy (non-hydrogen) atoms. The fourth-order valence-corrected chi connectivity index (χ4v) is 5.57. The quantitative estimate of drug-likeness (QED) is 0.304. The molecule has 0 aliphatic heterocycles. The van der Waals surface area contributed by atoms with Gasteiger partial charge in [0.15, 0.2) is 5.13 Å². The van der Waals surface area contributed by atoms with Crippen LogP contribution >= 0.6 is 22.9 Å². The van der Waals surface area contributed by atoms with Gasteiger partial charge in [0.1, 0.15) is 11.2 Å². The molecular weight excluding hydrogens is 534 g/mol. The molecule has 0 saturated heterocycles. The molecule has 12 heteroatoms. The second-order valence-corrected chi connectivity index (χ2v) is 10.9. The van der Waals surface area contributed by atoms with Gasteiger partial charge in [0.05, 0.1) is 11.4 Å². The molecule has 0 aliphatic rings. The molecule has 3 aromatic heterocycles. The van der Waals surface area contributed by atoms with Crippen LogP contribution in [0.5, 0.6) is 0 Å². The largest absolute Gasteiger partial charge is 0.322 e. The van der Waals surface area contributed by atoms with Gasteiger partial charge >= 0.3 is 0 Å². The third-order valence-electron chi connectivity index (χ3n) is 5.42. The number of rotatable bonds is 7. The smallest absolute Gasteiger partial charge is 0.265 e. The van der Waals surface area contributed by atoms with Crippen LogP contribution < -0.4 is 15.6 Å². The minimum absolute atomic E-state index is 0.00259. The first-order valence-electron chi connectivity index (χ1n) is 10.9. The molecule has 0 spiro atoms. The molecule has 9 nitrogen and oxygen atoms in total. The monoisotopic (exact) mass is 551 g/mol. The van der Waals surface area contributed by atoms with Crippen LogP contribution in [0.4, 0.5) is 10.8 Å². The molecular formula is C25H18ClN5O4S2. The molecule has 3 heterocycles. The molecule has 0 unspecified atom stereocenters. The van der Waals surface area contributed by atoms with Crippen LogP contribution in [0, 0.1) is 0 Å². The fraction of sp³-hybridized carbons (Fsp3) is 0.0400. The summed E-state index contributed by atoms with van der Waals surface area (Å²) in [5.41, 5.74) is 1.01. The van der Waals surface area contributed by atoms with Crippen LogP contribution in [0.1, 0.15) is 15.9 Å². The van der Waals surface area contributed by atoms with E-state index in [9.17, 15) is 18.0 Å². The molecule has 0 fully saturated rings. The number of sulfonamides is 1. The predicted octanol–water partition coefficient (Wildman–Crippen LogP) is 4.61. The standard InChI is InChI=1S/C25H18ClN5O4S2/c26-18-5-3-16(4-6-18)15-31-22-17(2-1-11-27-22)14-21(24(31)33)23(32)29-19-7-9-20(10-8-19)37(34,35)30-25-28-12-13-36-25/h1-14H,15H2,(H,28,30)(H,29,32). The Hall–Kier alpha value is -4.06. The minimum Gasteiger partial charge on any atom is -0.322 e. The molecule has 5 aromatic rings. The van der Waals surface area contributed by atoms with E-state index in [2.05, 4.69) is 20.0 Å². The number of thiazole rings is 1. The highest BCUT2D eigenvalue weighted by atomic mass is 35.5. The molecule has 0 radical (unpaired) electrons. The number of halogens is 1. The number of carbonyl (C=O) groups is 1. The Labute approximate surface area is 220 Å². The number of hydrogen-bond acceptors (Lipinski definition) is 7. The molecule has 0 bridgehead atoms. The van der Waals surface area contributed by atoms with Gasteiger partial charge in [-0.1, -0.05) is 23.7 Å². The zero-order chi connectivity index (χ0) is 26.0. The lowest BCUT2D eigenvalue weighted by molar-refractivity contribution is 0.102. The van der Waals surface area contributed by atoms with E-state index in [0.717, 1.165) is 16.9 Å².